The highest BCUT2D eigenvalue weighted by atomic mass is 32.1. The van der Waals surface area contributed by atoms with Gasteiger partial charge in [-0.25, -0.2) is 4.98 Å². The van der Waals surface area contributed by atoms with Crippen LogP contribution in [0.1, 0.15) is 62.6 Å². The van der Waals surface area contributed by atoms with Gasteiger partial charge in [0.25, 0.3) is 0 Å². The highest BCUT2D eigenvalue weighted by Crippen LogP contribution is 2.39. The first-order chi connectivity index (χ1) is 9.18. The number of aromatic nitrogens is 1. The molecule has 0 aromatic carbocycles. The van der Waals surface area contributed by atoms with Crippen LogP contribution in [0.4, 0.5) is 0 Å². The van der Waals surface area contributed by atoms with E-state index < -0.39 is 0 Å². The van der Waals surface area contributed by atoms with E-state index in [0.717, 1.165) is 13.2 Å². The van der Waals surface area contributed by atoms with E-state index in [4.69, 9.17) is 9.72 Å². The quantitative estimate of drug-likeness (QED) is 0.809. The number of nitrogens with one attached hydrogen (secondary N) is 1. The van der Waals surface area contributed by atoms with Gasteiger partial charge < -0.3 is 10.1 Å². The lowest BCUT2D eigenvalue weighted by Gasteiger charge is -2.36. The minimum atomic E-state index is 0.106. The first-order valence-corrected chi connectivity index (χ1v) is 8.26. The Balaban J connectivity index is 2.15. The van der Waals surface area contributed by atoms with Crippen molar-refractivity contribution in [2.45, 2.75) is 57.4 Å². The van der Waals surface area contributed by atoms with Crippen molar-refractivity contribution >= 4 is 11.3 Å². The third-order valence-corrected chi connectivity index (χ3v) is 5.06. The number of thiazole rings is 1. The van der Waals surface area contributed by atoms with Gasteiger partial charge in [0.15, 0.2) is 0 Å². The molecule has 0 radical (unpaired) electrons. The summed E-state index contributed by atoms with van der Waals surface area (Å²) in [5, 5.41) is 7.24. The largest absolute Gasteiger partial charge is 0.383 e. The molecule has 0 saturated heterocycles. The summed E-state index contributed by atoms with van der Waals surface area (Å²) >= 11 is 1.83. The molecule has 108 valence electrons. The second-order valence-corrected chi connectivity index (χ2v) is 6.65. The summed E-state index contributed by atoms with van der Waals surface area (Å²) in [7, 11) is 1.76. The van der Waals surface area contributed by atoms with Gasteiger partial charge in [-0.05, 0) is 18.8 Å². The SMILES string of the molecule is COCCNC1(c2nc(C(C)C)cs2)CCCCC1. The van der Waals surface area contributed by atoms with Crippen molar-refractivity contribution in [3.63, 3.8) is 0 Å². The third kappa shape index (κ3) is 3.56. The maximum atomic E-state index is 5.18. The van der Waals surface area contributed by atoms with Crippen LogP contribution in [0.5, 0.6) is 0 Å². The molecule has 2 rings (SSSR count). The van der Waals surface area contributed by atoms with Crippen LogP contribution >= 0.6 is 11.3 Å². The first kappa shape index (κ1) is 14.9. The molecular formula is C15H26N2OS. The van der Waals surface area contributed by atoms with Gasteiger partial charge in [-0.15, -0.1) is 11.3 Å². The topological polar surface area (TPSA) is 34.1 Å². The second-order valence-electron chi connectivity index (χ2n) is 5.79. The molecular weight excluding hydrogens is 256 g/mol. The van der Waals surface area contributed by atoms with Gasteiger partial charge in [0, 0.05) is 19.0 Å². The van der Waals surface area contributed by atoms with E-state index in [9.17, 15) is 0 Å². The lowest BCUT2D eigenvalue weighted by molar-refractivity contribution is 0.166. The normalized spacial score (nSPS) is 18.9. The van der Waals surface area contributed by atoms with Gasteiger partial charge >= 0.3 is 0 Å². The highest BCUT2D eigenvalue weighted by molar-refractivity contribution is 7.09. The number of ether oxygens (including phenoxy) is 1. The zero-order valence-electron chi connectivity index (χ0n) is 12.4. The van der Waals surface area contributed by atoms with Gasteiger partial charge in [-0.3, -0.25) is 0 Å². The van der Waals surface area contributed by atoms with E-state index in [0.29, 0.717) is 5.92 Å². The van der Waals surface area contributed by atoms with E-state index in [1.807, 2.05) is 11.3 Å². The Kier molecular flexibility index (Phi) is 5.37. The second kappa shape index (κ2) is 6.82. The zero-order valence-corrected chi connectivity index (χ0v) is 13.2. The Morgan fingerprint density at radius 3 is 2.68 bits per heavy atom. The molecule has 4 heteroatoms. The molecule has 1 aliphatic rings. The molecule has 1 N–H and O–H groups in total. The van der Waals surface area contributed by atoms with Crippen LogP contribution in [-0.2, 0) is 10.3 Å². The number of rotatable bonds is 6. The van der Waals surface area contributed by atoms with Crippen LogP contribution in [0.3, 0.4) is 0 Å². The van der Waals surface area contributed by atoms with Crippen molar-refractivity contribution in [3.05, 3.63) is 16.1 Å². The summed E-state index contributed by atoms with van der Waals surface area (Å²) < 4.78 is 5.18. The Bertz CT molecular complexity index is 383. The average Bonchev–Trinajstić information content (AvgIpc) is 2.90. The van der Waals surface area contributed by atoms with Gasteiger partial charge in [0.2, 0.25) is 0 Å². The molecule has 1 aliphatic carbocycles. The van der Waals surface area contributed by atoms with Crippen molar-refractivity contribution in [2.24, 2.45) is 0 Å². The molecule has 0 atom stereocenters. The molecule has 3 nitrogen and oxygen atoms in total. The number of nitrogens with zero attached hydrogens (tertiary/aromatic N) is 1. The summed E-state index contributed by atoms with van der Waals surface area (Å²) in [6.07, 6.45) is 6.38. The molecule has 0 unspecified atom stereocenters. The summed E-state index contributed by atoms with van der Waals surface area (Å²) in [6, 6.07) is 0. The van der Waals surface area contributed by atoms with Gasteiger partial charge in [-0.2, -0.15) is 0 Å². The van der Waals surface area contributed by atoms with Gasteiger partial charge in [0.05, 0.1) is 17.8 Å². The summed E-state index contributed by atoms with van der Waals surface area (Å²) in [5.74, 6) is 0.518. The van der Waals surface area contributed by atoms with E-state index >= 15 is 0 Å². The van der Waals surface area contributed by atoms with Crippen molar-refractivity contribution in [3.8, 4) is 0 Å². The van der Waals surface area contributed by atoms with Crippen LogP contribution < -0.4 is 5.32 Å². The molecule has 19 heavy (non-hydrogen) atoms. The fraction of sp³-hybridized carbons (Fsp3) is 0.800. The van der Waals surface area contributed by atoms with E-state index in [-0.39, 0.29) is 5.54 Å². The fourth-order valence-electron chi connectivity index (χ4n) is 2.79. The Morgan fingerprint density at radius 1 is 1.37 bits per heavy atom. The molecule has 0 bridgehead atoms. The monoisotopic (exact) mass is 282 g/mol. The molecule has 0 amide bonds. The van der Waals surface area contributed by atoms with Crippen LogP contribution in [0, 0.1) is 0 Å². The van der Waals surface area contributed by atoms with Gasteiger partial charge in [0.1, 0.15) is 5.01 Å². The third-order valence-electron chi connectivity index (χ3n) is 4.00. The Morgan fingerprint density at radius 2 is 2.11 bits per heavy atom. The van der Waals surface area contributed by atoms with E-state index in [2.05, 4.69) is 24.5 Å². The lowest BCUT2D eigenvalue weighted by Crippen LogP contribution is -2.45. The number of methoxy groups -OCH3 is 1. The fourth-order valence-corrected chi connectivity index (χ4v) is 4.00. The molecule has 1 aromatic rings. The van der Waals surface area contributed by atoms with Crippen LogP contribution in [-0.4, -0.2) is 25.2 Å². The summed E-state index contributed by atoms with van der Waals surface area (Å²) in [6.45, 7) is 6.10. The molecule has 1 heterocycles. The molecule has 1 fully saturated rings. The van der Waals surface area contributed by atoms with Crippen molar-refractivity contribution < 1.29 is 4.74 Å². The van der Waals surface area contributed by atoms with Crippen LogP contribution in [0.2, 0.25) is 0 Å². The minimum absolute atomic E-state index is 0.106. The lowest BCUT2D eigenvalue weighted by atomic mass is 9.82. The standard InChI is InChI=1S/C15H26N2OS/c1-12(2)13-11-19-14(17-13)15(16-9-10-18-3)7-5-4-6-8-15/h11-12,16H,4-10H2,1-3H3. The summed E-state index contributed by atoms with van der Waals surface area (Å²) in [5.41, 5.74) is 1.34. The predicted molar refractivity (Wildman–Crippen MR) is 80.8 cm³/mol. The smallest absolute Gasteiger partial charge is 0.113 e. The number of hydrogen-bond donors (Lipinski definition) is 1. The molecule has 0 spiro atoms. The highest BCUT2D eigenvalue weighted by Gasteiger charge is 2.36. The summed E-state index contributed by atoms with van der Waals surface area (Å²) in [4.78, 5) is 4.90. The Labute approximate surface area is 120 Å². The zero-order chi connectivity index (χ0) is 13.7. The molecule has 1 aromatic heterocycles. The first-order valence-electron chi connectivity index (χ1n) is 7.38. The van der Waals surface area contributed by atoms with Crippen LogP contribution in [0.25, 0.3) is 0 Å². The van der Waals surface area contributed by atoms with Crippen LogP contribution in [0.15, 0.2) is 5.38 Å². The van der Waals surface area contributed by atoms with E-state index in [1.54, 1.807) is 7.11 Å². The molecule has 1 saturated carbocycles. The van der Waals surface area contributed by atoms with Crippen molar-refractivity contribution in [1.29, 1.82) is 0 Å². The minimum Gasteiger partial charge on any atom is -0.383 e. The number of hydrogen-bond acceptors (Lipinski definition) is 4. The van der Waals surface area contributed by atoms with Gasteiger partial charge in [-0.1, -0.05) is 33.1 Å². The van der Waals surface area contributed by atoms with Crippen molar-refractivity contribution in [2.75, 3.05) is 20.3 Å². The Hall–Kier alpha value is -0.450. The van der Waals surface area contributed by atoms with Crippen molar-refractivity contribution in [1.82, 2.24) is 10.3 Å². The maximum Gasteiger partial charge on any atom is 0.113 e. The van der Waals surface area contributed by atoms with E-state index in [1.165, 1.54) is 42.8 Å². The maximum absolute atomic E-state index is 5.18. The molecule has 0 aliphatic heterocycles. The predicted octanol–water partition coefficient (Wildman–Crippen LogP) is 3.66. The average molecular weight is 282 g/mol.